The number of carbonyl (C=O) groups is 1. The van der Waals surface area contributed by atoms with Crippen molar-refractivity contribution in [2.24, 2.45) is 0 Å². The number of amides is 1. The van der Waals surface area contributed by atoms with E-state index in [2.05, 4.69) is 33.0 Å². The number of rotatable bonds is 18. The minimum atomic E-state index is -0.121. The van der Waals surface area contributed by atoms with Crippen molar-refractivity contribution in [3.05, 3.63) is 28.8 Å². The van der Waals surface area contributed by atoms with Crippen molar-refractivity contribution in [3.63, 3.8) is 0 Å². The topological polar surface area (TPSA) is 49.3 Å². The van der Waals surface area contributed by atoms with E-state index in [0.717, 1.165) is 29.5 Å². The Morgan fingerprint density at radius 3 is 1.70 bits per heavy atom. The van der Waals surface area contributed by atoms with Crippen LogP contribution in [0.15, 0.2) is 12.1 Å². The van der Waals surface area contributed by atoms with E-state index in [0.29, 0.717) is 18.7 Å². The molecule has 0 bridgehead atoms. The van der Waals surface area contributed by atoms with Gasteiger partial charge in [-0.05, 0) is 47.6 Å². The molecule has 3 nitrogen and oxygen atoms in total. The SMILES string of the molecule is CCCCCCCCCCCCCCCCCC(=O)NCc1cc(C(C)(C)C)c(O)cc1C. The van der Waals surface area contributed by atoms with Crippen LogP contribution in [0.1, 0.15) is 147 Å². The molecule has 0 saturated heterocycles. The Morgan fingerprint density at radius 2 is 1.24 bits per heavy atom. The molecule has 0 aliphatic rings. The maximum absolute atomic E-state index is 12.2. The highest BCUT2D eigenvalue weighted by Gasteiger charge is 2.19. The van der Waals surface area contributed by atoms with Gasteiger partial charge in [-0.2, -0.15) is 0 Å². The van der Waals surface area contributed by atoms with Crippen molar-refractivity contribution in [3.8, 4) is 5.75 Å². The second-order valence-corrected chi connectivity index (χ2v) is 11.0. The highest BCUT2D eigenvalue weighted by molar-refractivity contribution is 5.75. The lowest BCUT2D eigenvalue weighted by Gasteiger charge is -2.22. The van der Waals surface area contributed by atoms with Crippen molar-refractivity contribution < 1.29 is 9.90 Å². The molecule has 0 radical (unpaired) electrons. The van der Waals surface area contributed by atoms with Gasteiger partial charge in [0.25, 0.3) is 0 Å². The summed E-state index contributed by atoms with van der Waals surface area (Å²) in [7, 11) is 0. The summed E-state index contributed by atoms with van der Waals surface area (Å²) >= 11 is 0. The highest BCUT2D eigenvalue weighted by Crippen LogP contribution is 2.32. The molecule has 1 aromatic carbocycles. The number of hydrogen-bond acceptors (Lipinski definition) is 2. The Balaban J connectivity index is 2.04. The molecule has 0 unspecified atom stereocenters. The molecule has 0 aliphatic heterocycles. The number of phenolic OH excluding ortho intramolecular Hbond substituents is 1. The van der Waals surface area contributed by atoms with E-state index >= 15 is 0 Å². The number of unbranched alkanes of at least 4 members (excludes halogenated alkanes) is 14. The second kappa shape index (κ2) is 17.0. The fourth-order valence-corrected chi connectivity index (χ4v) is 4.47. The number of nitrogens with one attached hydrogen (secondary N) is 1. The van der Waals surface area contributed by atoms with Crippen LogP contribution >= 0.6 is 0 Å². The summed E-state index contributed by atoms with van der Waals surface area (Å²) in [5.41, 5.74) is 2.92. The summed E-state index contributed by atoms with van der Waals surface area (Å²) in [4.78, 5) is 12.2. The summed E-state index contributed by atoms with van der Waals surface area (Å²) in [6, 6.07) is 3.86. The molecule has 0 saturated carbocycles. The predicted octanol–water partition coefficient (Wildman–Crippen LogP) is 8.88. The van der Waals surface area contributed by atoms with Gasteiger partial charge >= 0.3 is 0 Å². The third-order valence-electron chi connectivity index (χ3n) is 6.75. The third kappa shape index (κ3) is 13.7. The molecule has 1 amide bonds. The normalized spacial score (nSPS) is 11.7. The van der Waals surface area contributed by atoms with Gasteiger partial charge in [-0.3, -0.25) is 4.79 Å². The number of aryl methyl sites for hydroxylation is 1. The van der Waals surface area contributed by atoms with Crippen molar-refractivity contribution >= 4 is 5.91 Å². The van der Waals surface area contributed by atoms with Crippen LogP contribution in [-0.2, 0) is 16.8 Å². The highest BCUT2D eigenvalue weighted by atomic mass is 16.3. The van der Waals surface area contributed by atoms with E-state index < -0.39 is 0 Å². The van der Waals surface area contributed by atoms with Crippen LogP contribution in [0.4, 0.5) is 0 Å². The van der Waals surface area contributed by atoms with Gasteiger partial charge in [0.15, 0.2) is 0 Å². The van der Waals surface area contributed by atoms with Gasteiger partial charge in [0.2, 0.25) is 5.91 Å². The molecule has 190 valence electrons. The van der Waals surface area contributed by atoms with Gasteiger partial charge in [-0.15, -0.1) is 0 Å². The van der Waals surface area contributed by atoms with Gasteiger partial charge < -0.3 is 10.4 Å². The Labute approximate surface area is 205 Å². The first-order chi connectivity index (χ1) is 15.8. The maximum atomic E-state index is 12.2. The third-order valence-corrected chi connectivity index (χ3v) is 6.75. The smallest absolute Gasteiger partial charge is 0.220 e. The fraction of sp³-hybridized carbons (Fsp3) is 0.767. The van der Waals surface area contributed by atoms with E-state index in [-0.39, 0.29) is 11.3 Å². The maximum Gasteiger partial charge on any atom is 0.220 e. The van der Waals surface area contributed by atoms with E-state index in [9.17, 15) is 9.90 Å². The molecular weight excluding hydrogens is 406 g/mol. The van der Waals surface area contributed by atoms with Crippen molar-refractivity contribution in [1.29, 1.82) is 0 Å². The largest absolute Gasteiger partial charge is 0.508 e. The van der Waals surface area contributed by atoms with Crippen molar-refractivity contribution in [1.82, 2.24) is 5.32 Å². The molecule has 3 heteroatoms. The lowest BCUT2D eigenvalue weighted by Crippen LogP contribution is -2.23. The van der Waals surface area contributed by atoms with Crippen LogP contribution < -0.4 is 5.32 Å². The molecular formula is C30H53NO2. The second-order valence-electron chi connectivity index (χ2n) is 11.0. The molecule has 0 aliphatic carbocycles. The summed E-state index contributed by atoms with van der Waals surface area (Å²) in [6.45, 7) is 11.1. The predicted molar refractivity (Wildman–Crippen MR) is 143 cm³/mol. The van der Waals surface area contributed by atoms with Gasteiger partial charge in [0.05, 0.1) is 0 Å². The first kappa shape index (κ1) is 29.5. The zero-order valence-electron chi connectivity index (χ0n) is 22.5. The number of phenols is 1. The quantitative estimate of drug-likeness (QED) is 0.215. The standard InChI is InChI=1S/C30H53NO2/c1-6-7-8-9-10-11-12-13-14-15-16-17-18-19-20-21-29(33)31-24-26-23-27(30(3,4)5)28(32)22-25(26)2/h22-23,32H,6-21,24H2,1-5H3,(H,31,33). The molecule has 0 fully saturated rings. The van der Waals surface area contributed by atoms with Gasteiger partial charge in [0, 0.05) is 13.0 Å². The minimum Gasteiger partial charge on any atom is -0.508 e. The first-order valence-electron chi connectivity index (χ1n) is 13.9. The minimum absolute atomic E-state index is 0.121. The van der Waals surface area contributed by atoms with E-state index in [4.69, 9.17) is 0 Å². The van der Waals surface area contributed by atoms with Crippen LogP contribution in [0, 0.1) is 6.92 Å². The average Bonchev–Trinajstić information content (AvgIpc) is 2.75. The zero-order chi connectivity index (χ0) is 24.5. The Kier molecular flexibility index (Phi) is 15.2. The zero-order valence-corrected chi connectivity index (χ0v) is 22.5. The lowest BCUT2D eigenvalue weighted by atomic mass is 9.84. The van der Waals surface area contributed by atoms with Crippen LogP contribution in [0.3, 0.4) is 0 Å². The molecule has 2 N–H and O–H groups in total. The monoisotopic (exact) mass is 459 g/mol. The van der Waals surface area contributed by atoms with Crippen LogP contribution in [0.5, 0.6) is 5.75 Å². The Morgan fingerprint density at radius 1 is 0.788 bits per heavy atom. The van der Waals surface area contributed by atoms with E-state index in [1.807, 2.05) is 19.1 Å². The molecule has 33 heavy (non-hydrogen) atoms. The Bertz CT molecular complexity index is 660. The van der Waals surface area contributed by atoms with Crippen LogP contribution in [0.2, 0.25) is 0 Å². The van der Waals surface area contributed by atoms with Crippen LogP contribution in [0.25, 0.3) is 0 Å². The summed E-state index contributed by atoms with van der Waals surface area (Å²) in [5, 5.41) is 13.3. The lowest BCUT2D eigenvalue weighted by molar-refractivity contribution is -0.121. The van der Waals surface area contributed by atoms with E-state index in [1.165, 1.54) is 83.5 Å². The average molecular weight is 460 g/mol. The molecule has 0 spiro atoms. The number of hydrogen-bond donors (Lipinski definition) is 2. The molecule has 1 aromatic rings. The number of carbonyl (C=O) groups excluding carboxylic acids is 1. The van der Waals surface area contributed by atoms with Gasteiger partial charge in [-0.1, -0.05) is 118 Å². The summed E-state index contributed by atoms with van der Waals surface area (Å²) in [6.07, 6.45) is 20.7. The van der Waals surface area contributed by atoms with Crippen molar-refractivity contribution in [2.75, 3.05) is 0 Å². The van der Waals surface area contributed by atoms with Crippen molar-refractivity contribution in [2.45, 2.75) is 149 Å². The number of aromatic hydroxyl groups is 1. The van der Waals surface area contributed by atoms with E-state index in [1.54, 1.807) is 0 Å². The molecule has 1 rings (SSSR count). The number of benzene rings is 1. The first-order valence-corrected chi connectivity index (χ1v) is 13.9. The van der Waals surface area contributed by atoms with Crippen LogP contribution in [-0.4, -0.2) is 11.0 Å². The fourth-order valence-electron chi connectivity index (χ4n) is 4.47. The molecule has 0 atom stereocenters. The molecule has 0 heterocycles. The summed E-state index contributed by atoms with van der Waals surface area (Å²) < 4.78 is 0. The molecule has 0 aromatic heterocycles. The van der Waals surface area contributed by atoms with Gasteiger partial charge in [0.1, 0.15) is 5.75 Å². The Hall–Kier alpha value is -1.51. The van der Waals surface area contributed by atoms with Gasteiger partial charge in [-0.25, -0.2) is 0 Å². The summed E-state index contributed by atoms with van der Waals surface area (Å²) in [5.74, 6) is 0.474.